The van der Waals surface area contributed by atoms with Crippen molar-refractivity contribution in [2.24, 2.45) is 5.73 Å². The monoisotopic (exact) mass is 334 g/mol. The van der Waals surface area contributed by atoms with Crippen molar-refractivity contribution in [1.29, 1.82) is 0 Å². The first-order chi connectivity index (χ1) is 11.3. The maximum Gasteiger partial charge on any atom is 0.410 e. The second-order valence-electron chi connectivity index (χ2n) is 6.99. The first kappa shape index (κ1) is 18.0. The molecule has 0 saturated carbocycles. The average Bonchev–Trinajstić information content (AvgIpc) is 2.51. The molecule has 1 atom stereocenters. The van der Waals surface area contributed by atoms with Gasteiger partial charge in [0.15, 0.2) is 0 Å². The third-order valence-corrected chi connectivity index (χ3v) is 3.87. The number of amides is 2. The van der Waals surface area contributed by atoms with Crippen molar-refractivity contribution in [1.82, 2.24) is 9.88 Å². The van der Waals surface area contributed by atoms with Crippen LogP contribution in [0.3, 0.4) is 0 Å². The van der Waals surface area contributed by atoms with Gasteiger partial charge in [-0.25, -0.2) is 4.79 Å². The first-order valence-corrected chi connectivity index (χ1v) is 8.25. The fraction of sp³-hybridized carbons (Fsp3) is 0.588. The van der Waals surface area contributed by atoms with Gasteiger partial charge in [0, 0.05) is 25.5 Å². The zero-order chi connectivity index (χ0) is 17.7. The van der Waals surface area contributed by atoms with Gasteiger partial charge in [-0.3, -0.25) is 9.78 Å². The lowest BCUT2D eigenvalue weighted by Crippen LogP contribution is -2.49. The van der Waals surface area contributed by atoms with Crippen LogP contribution in [0.4, 0.5) is 10.5 Å². The van der Waals surface area contributed by atoms with E-state index in [0.29, 0.717) is 24.3 Å². The van der Waals surface area contributed by atoms with Gasteiger partial charge in [0.1, 0.15) is 5.60 Å². The molecule has 0 bridgehead atoms. The van der Waals surface area contributed by atoms with Crippen molar-refractivity contribution in [2.45, 2.75) is 51.7 Å². The number of nitrogens with one attached hydrogen (secondary N) is 1. The highest BCUT2D eigenvalue weighted by atomic mass is 16.6. The van der Waals surface area contributed by atoms with Crippen LogP contribution in [0.15, 0.2) is 18.5 Å². The Bertz CT molecular complexity index is 598. The molecule has 7 nitrogen and oxygen atoms in total. The molecule has 132 valence electrons. The average molecular weight is 334 g/mol. The molecule has 0 aromatic carbocycles. The van der Waals surface area contributed by atoms with Gasteiger partial charge >= 0.3 is 6.09 Å². The van der Waals surface area contributed by atoms with Crippen LogP contribution in [-0.2, 0) is 4.74 Å². The third kappa shape index (κ3) is 4.84. The van der Waals surface area contributed by atoms with Crippen LogP contribution in [0.25, 0.3) is 0 Å². The van der Waals surface area contributed by atoms with E-state index in [0.717, 1.165) is 19.3 Å². The summed E-state index contributed by atoms with van der Waals surface area (Å²) in [6, 6.07) is 1.73. The van der Waals surface area contributed by atoms with Crippen molar-refractivity contribution < 1.29 is 14.3 Å². The Hall–Kier alpha value is -2.31. The number of carbonyl (C=O) groups excluding carboxylic acids is 2. The minimum Gasteiger partial charge on any atom is -0.444 e. The van der Waals surface area contributed by atoms with Crippen molar-refractivity contribution in [3.63, 3.8) is 0 Å². The number of carbonyl (C=O) groups is 2. The molecule has 2 heterocycles. The lowest BCUT2D eigenvalue weighted by atomic mass is 10.0. The maximum atomic E-state index is 12.4. The van der Waals surface area contributed by atoms with Crippen LogP contribution in [0.1, 0.15) is 50.4 Å². The Balaban J connectivity index is 2.04. The molecule has 1 aromatic rings. The summed E-state index contributed by atoms with van der Waals surface area (Å²) in [4.78, 5) is 29.6. The van der Waals surface area contributed by atoms with Gasteiger partial charge in [-0.1, -0.05) is 0 Å². The Labute approximate surface area is 142 Å². The van der Waals surface area contributed by atoms with Crippen LogP contribution in [0.5, 0.6) is 0 Å². The summed E-state index contributed by atoms with van der Waals surface area (Å²) in [5, 5.41) is 3.22. The van der Waals surface area contributed by atoms with Gasteiger partial charge in [0.05, 0.1) is 17.3 Å². The molecule has 7 heteroatoms. The summed E-state index contributed by atoms with van der Waals surface area (Å²) in [6.45, 7) is 6.79. The van der Waals surface area contributed by atoms with Gasteiger partial charge in [-0.15, -0.1) is 0 Å². The highest BCUT2D eigenvalue weighted by Gasteiger charge is 2.30. The number of hydrogen-bond acceptors (Lipinski definition) is 5. The predicted octanol–water partition coefficient (Wildman–Crippen LogP) is 2.38. The number of ether oxygens (including phenoxy) is 1. The SMILES string of the molecule is CC(C)(C)OC(=O)N1CCCCC1CNc1ccncc1C(N)=O. The Kier molecular flexibility index (Phi) is 5.64. The van der Waals surface area contributed by atoms with E-state index in [1.165, 1.54) is 6.20 Å². The highest BCUT2D eigenvalue weighted by molar-refractivity contribution is 5.98. The zero-order valence-corrected chi connectivity index (χ0v) is 14.5. The van der Waals surface area contributed by atoms with E-state index in [1.807, 2.05) is 20.8 Å². The number of rotatable bonds is 4. The molecule has 0 spiro atoms. The number of likely N-dealkylation sites (tertiary alicyclic amines) is 1. The molecular weight excluding hydrogens is 308 g/mol. The summed E-state index contributed by atoms with van der Waals surface area (Å²) in [5.74, 6) is -0.529. The van der Waals surface area contributed by atoms with Gasteiger partial charge < -0.3 is 20.7 Å². The van der Waals surface area contributed by atoms with Gasteiger partial charge in [-0.05, 0) is 46.1 Å². The second-order valence-corrected chi connectivity index (χ2v) is 6.99. The fourth-order valence-corrected chi connectivity index (χ4v) is 2.75. The molecule has 1 aromatic heterocycles. The van der Waals surface area contributed by atoms with Gasteiger partial charge in [0.25, 0.3) is 5.91 Å². The molecule has 2 rings (SSSR count). The van der Waals surface area contributed by atoms with E-state index < -0.39 is 11.5 Å². The van der Waals surface area contributed by atoms with E-state index >= 15 is 0 Å². The molecule has 1 unspecified atom stereocenters. The Morgan fingerprint density at radius 1 is 1.42 bits per heavy atom. The summed E-state index contributed by atoms with van der Waals surface area (Å²) in [7, 11) is 0. The predicted molar refractivity (Wildman–Crippen MR) is 91.8 cm³/mol. The number of nitrogens with zero attached hydrogens (tertiary/aromatic N) is 2. The molecular formula is C17H26N4O3. The van der Waals surface area contributed by atoms with E-state index in [-0.39, 0.29) is 12.1 Å². The molecule has 0 aliphatic carbocycles. The second kappa shape index (κ2) is 7.51. The van der Waals surface area contributed by atoms with E-state index in [9.17, 15) is 9.59 Å². The molecule has 1 aliphatic heterocycles. The van der Waals surface area contributed by atoms with E-state index in [4.69, 9.17) is 10.5 Å². The third-order valence-electron chi connectivity index (χ3n) is 3.87. The largest absolute Gasteiger partial charge is 0.444 e. The number of primary amides is 1. The van der Waals surface area contributed by atoms with Gasteiger partial charge in [-0.2, -0.15) is 0 Å². The number of piperidine rings is 1. The van der Waals surface area contributed by atoms with Crippen LogP contribution in [-0.4, -0.2) is 46.6 Å². The van der Waals surface area contributed by atoms with Crippen LogP contribution in [0, 0.1) is 0 Å². The van der Waals surface area contributed by atoms with Gasteiger partial charge in [0.2, 0.25) is 0 Å². The topological polar surface area (TPSA) is 97.6 Å². The minimum atomic E-state index is -0.529. The molecule has 3 N–H and O–H groups in total. The van der Waals surface area contributed by atoms with Crippen LogP contribution < -0.4 is 11.1 Å². The van der Waals surface area contributed by atoms with E-state index in [1.54, 1.807) is 17.2 Å². The Morgan fingerprint density at radius 2 is 2.17 bits per heavy atom. The minimum absolute atomic E-state index is 0.0162. The number of aromatic nitrogens is 1. The van der Waals surface area contributed by atoms with E-state index in [2.05, 4.69) is 10.3 Å². The fourth-order valence-electron chi connectivity index (χ4n) is 2.75. The lowest BCUT2D eigenvalue weighted by Gasteiger charge is -2.37. The quantitative estimate of drug-likeness (QED) is 0.881. The zero-order valence-electron chi connectivity index (χ0n) is 14.5. The van der Waals surface area contributed by atoms with Crippen molar-refractivity contribution >= 4 is 17.7 Å². The van der Waals surface area contributed by atoms with Crippen LogP contribution in [0.2, 0.25) is 0 Å². The molecule has 1 fully saturated rings. The number of pyridine rings is 1. The maximum absolute atomic E-state index is 12.4. The summed E-state index contributed by atoms with van der Waals surface area (Å²) in [5.41, 5.74) is 5.82. The Morgan fingerprint density at radius 3 is 2.83 bits per heavy atom. The van der Waals surface area contributed by atoms with Crippen molar-refractivity contribution in [2.75, 3.05) is 18.4 Å². The highest BCUT2D eigenvalue weighted by Crippen LogP contribution is 2.21. The number of nitrogens with two attached hydrogens (primary N) is 1. The smallest absolute Gasteiger partial charge is 0.410 e. The molecule has 1 aliphatic rings. The van der Waals surface area contributed by atoms with Crippen LogP contribution >= 0.6 is 0 Å². The molecule has 24 heavy (non-hydrogen) atoms. The number of hydrogen-bond donors (Lipinski definition) is 2. The molecule has 2 amide bonds. The standard InChI is InChI=1S/C17H26N4O3/c1-17(2,3)24-16(23)21-9-5-4-6-12(21)10-20-14-7-8-19-11-13(14)15(18)22/h7-8,11-12H,4-6,9-10H2,1-3H3,(H2,18,22)(H,19,20). The normalized spacial score (nSPS) is 18.1. The molecule has 0 radical (unpaired) electrons. The summed E-state index contributed by atoms with van der Waals surface area (Å²) >= 11 is 0. The van der Waals surface area contributed by atoms with Crippen molar-refractivity contribution in [3.05, 3.63) is 24.0 Å². The first-order valence-electron chi connectivity index (χ1n) is 8.25. The van der Waals surface area contributed by atoms with Crippen molar-refractivity contribution in [3.8, 4) is 0 Å². The lowest BCUT2D eigenvalue weighted by molar-refractivity contribution is 0.0114. The molecule has 1 saturated heterocycles. The summed E-state index contributed by atoms with van der Waals surface area (Å²) < 4.78 is 5.50. The summed E-state index contributed by atoms with van der Waals surface area (Å²) in [6.07, 6.45) is 5.67. The number of anilines is 1.